The molecule has 0 amide bonds. The molecule has 0 saturated carbocycles. The molecule has 2 rings (SSSR count). The highest BCUT2D eigenvalue weighted by atomic mass is 32.1. The van der Waals surface area contributed by atoms with Gasteiger partial charge < -0.3 is 10.2 Å². The zero-order valence-corrected chi connectivity index (χ0v) is 13.3. The minimum atomic E-state index is 0.720. The van der Waals surface area contributed by atoms with E-state index in [0.29, 0.717) is 0 Å². The van der Waals surface area contributed by atoms with Crippen molar-refractivity contribution in [1.29, 1.82) is 0 Å². The van der Waals surface area contributed by atoms with E-state index in [4.69, 9.17) is 0 Å². The fraction of sp³-hybridized carbons (Fsp3) is 0.800. The van der Waals surface area contributed by atoms with Crippen molar-refractivity contribution in [2.75, 3.05) is 26.2 Å². The lowest BCUT2D eigenvalue weighted by Crippen LogP contribution is -2.48. The Bertz CT molecular complexity index is 377. The first-order valence-corrected chi connectivity index (χ1v) is 8.43. The van der Waals surface area contributed by atoms with Gasteiger partial charge in [0.05, 0.1) is 10.7 Å². The second-order valence-corrected chi connectivity index (χ2v) is 6.80. The largest absolute Gasteiger partial charge is 0.314 e. The van der Waals surface area contributed by atoms with Gasteiger partial charge in [0.25, 0.3) is 0 Å². The van der Waals surface area contributed by atoms with Crippen LogP contribution in [0, 0.1) is 12.8 Å². The van der Waals surface area contributed by atoms with Crippen LogP contribution in [0.15, 0.2) is 5.38 Å². The van der Waals surface area contributed by atoms with E-state index in [1.54, 1.807) is 11.3 Å². The van der Waals surface area contributed by atoms with Gasteiger partial charge in [-0.25, -0.2) is 4.98 Å². The quantitative estimate of drug-likeness (QED) is 0.869. The van der Waals surface area contributed by atoms with Crippen LogP contribution in [0.3, 0.4) is 0 Å². The molecule has 1 aliphatic rings. The highest BCUT2D eigenvalue weighted by Gasteiger charge is 2.25. The summed E-state index contributed by atoms with van der Waals surface area (Å²) in [5.74, 6) is 0.762. The summed E-state index contributed by atoms with van der Waals surface area (Å²) in [7, 11) is 0. The van der Waals surface area contributed by atoms with Crippen molar-refractivity contribution < 1.29 is 0 Å². The standard InChI is InChI=1S/C15H27N3S/c1-4-7-16-15-6-9-18(10-12(15)2)8-5-14-11-19-13(3)17-14/h11-12,15-16H,4-10H2,1-3H3. The Kier molecular flexibility index (Phi) is 5.79. The molecule has 4 heteroatoms. The van der Waals surface area contributed by atoms with E-state index in [0.717, 1.165) is 31.5 Å². The highest BCUT2D eigenvalue weighted by molar-refractivity contribution is 7.09. The van der Waals surface area contributed by atoms with Gasteiger partial charge in [0, 0.05) is 30.9 Å². The van der Waals surface area contributed by atoms with E-state index < -0.39 is 0 Å². The van der Waals surface area contributed by atoms with Crippen molar-refractivity contribution >= 4 is 11.3 Å². The molecule has 1 saturated heterocycles. The molecular formula is C15H27N3S. The fourth-order valence-electron chi connectivity index (χ4n) is 2.86. The van der Waals surface area contributed by atoms with Crippen LogP contribution < -0.4 is 5.32 Å². The van der Waals surface area contributed by atoms with E-state index in [1.807, 2.05) is 0 Å². The third-order valence-electron chi connectivity index (χ3n) is 4.00. The molecule has 0 spiro atoms. The molecule has 0 aliphatic carbocycles. The third-order valence-corrected chi connectivity index (χ3v) is 4.82. The summed E-state index contributed by atoms with van der Waals surface area (Å²) in [6.45, 7) is 11.5. The maximum atomic E-state index is 4.55. The smallest absolute Gasteiger partial charge is 0.0897 e. The van der Waals surface area contributed by atoms with Crippen LogP contribution in [-0.2, 0) is 6.42 Å². The third kappa shape index (κ3) is 4.55. The molecule has 2 unspecified atom stereocenters. The lowest BCUT2D eigenvalue weighted by molar-refractivity contribution is 0.148. The van der Waals surface area contributed by atoms with Crippen molar-refractivity contribution in [2.24, 2.45) is 5.92 Å². The Labute approximate surface area is 121 Å². The number of likely N-dealkylation sites (tertiary alicyclic amines) is 1. The second-order valence-electron chi connectivity index (χ2n) is 5.74. The number of piperidine rings is 1. The number of aromatic nitrogens is 1. The molecular weight excluding hydrogens is 254 g/mol. The molecule has 0 aromatic carbocycles. The number of thiazole rings is 1. The summed E-state index contributed by atoms with van der Waals surface area (Å²) in [6.07, 6.45) is 3.62. The first-order chi connectivity index (χ1) is 9.19. The Hall–Kier alpha value is -0.450. The Morgan fingerprint density at radius 2 is 2.37 bits per heavy atom. The molecule has 0 radical (unpaired) electrons. The summed E-state index contributed by atoms with van der Waals surface area (Å²) in [6, 6.07) is 0.720. The molecule has 2 heterocycles. The first kappa shape index (κ1) is 14.9. The molecule has 3 nitrogen and oxygen atoms in total. The van der Waals surface area contributed by atoms with Gasteiger partial charge in [-0.2, -0.15) is 0 Å². The van der Waals surface area contributed by atoms with Gasteiger partial charge in [-0.05, 0) is 38.8 Å². The van der Waals surface area contributed by atoms with Gasteiger partial charge in [-0.15, -0.1) is 11.3 Å². The normalized spacial score (nSPS) is 24.8. The maximum Gasteiger partial charge on any atom is 0.0897 e. The molecule has 1 fully saturated rings. The van der Waals surface area contributed by atoms with E-state index in [1.165, 1.54) is 36.6 Å². The first-order valence-electron chi connectivity index (χ1n) is 7.55. The summed E-state index contributed by atoms with van der Waals surface area (Å²) in [4.78, 5) is 7.15. The van der Waals surface area contributed by atoms with E-state index in [2.05, 4.69) is 41.4 Å². The number of hydrogen-bond acceptors (Lipinski definition) is 4. The van der Waals surface area contributed by atoms with Crippen molar-refractivity contribution in [3.8, 4) is 0 Å². The van der Waals surface area contributed by atoms with Crippen LogP contribution in [-0.4, -0.2) is 42.1 Å². The number of rotatable bonds is 6. The van der Waals surface area contributed by atoms with Gasteiger partial charge in [0.1, 0.15) is 0 Å². The van der Waals surface area contributed by atoms with Crippen molar-refractivity contribution in [3.63, 3.8) is 0 Å². The van der Waals surface area contributed by atoms with Crippen molar-refractivity contribution in [1.82, 2.24) is 15.2 Å². The summed E-state index contributed by atoms with van der Waals surface area (Å²) < 4.78 is 0. The molecule has 1 aliphatic heterocycles. The molecule has 108 valence electrons. The Balaban J connectivity index is 1.72. The number of hydrogen-bond donors (Lipinski definition) is 1. The van der Waals surface area contributed by atoms with E-state index in [9.17, 15) is 0 Å². The van der Waals surface area contributed by atoms with Crippen molar-refractivity contribution in [2.45, 2.75) is 46.1 Å². The summed E-state index contributed by atoms with van der Waals surface area (Å²) in [5.41, 5.74) is 1.27. The lowest BCUT2D eigenvalue weighted by Gasteiger charge is -2.37. The van der Waals surface area contributed by atoms with Crippen LogP contribution in [0.25, 0.3) is 0 Å². The van der Waals surface area contributed by atoms with Gasteiger partial charge in [0.15, 0.2) is 0 Å². The zero-order chi connectivity index (χ0) is 13.7. The number of nitrogens with zero attached hydrogens (tertiary/aromatic N) is 2. The predicted octanol–water partition coefficient (Wildman–Crippen LogP) is 2.70. The van der Waals surface area contributed by atoms with Gasteiger partial charge in [-0.3, -0.25) is 0 Å². The zero-order valence-electron chi connectivity index (χ0n) is 12.5. The van der Waals surface area contributed by atoms with Crippen LogP contribution in [0.4, 0.5) is 0 Å². The van der Waals surface area contributed by atoms with E-state index in [-0.39, 0.29) is 0 Å². The minimum absolute atomic E-state index is 0.720. The average molecular weight is 281 g/mol. The predicted molar refractivity (Wildman–Crippen MR) is 82.9 cm³/mol. The SMILES string of the molecule is CCCNC1CCN(CCc2csc(C)n2)CC1C. The summed E-state index contributed by atoms with van der Waals surface area (Å²) in [5, 5.41) is 7.07. The molecule has 1 N–H and O–H groups in total. The number of nitrogens with one attached hydrogen (secondary N) is 1. The van der Waals surface area contributed by atoms with Gasteiger partial charge in [0.2, 0.25) is 0 Å². The second kappa shape index (κ2) is 7.36. The summed E-state index contributed by atoms with van der Waals surface area (Å²) >= 11 is 1.76. The van der Waals surface area contributed by atoms with Crippen LogP contribution in [0.1, 0.15) is 37.4 Å². The molecule has 2 atom stereocenters. The van der Waals surface area contributed by atoms with E-state index >= 15 is 0 Å². The maximum absolute atomic E-state index is 4.55. The van der Waals surface area contributed by atoms with Crippen LogP contribution in [0.5, 0.6) is 0 Å². The fourth-order valence-corrected chi connectivity index (χ4v) is 3.51. The monoisotopic (exact) mass is 281 g/mol. The van der Waals surface area contributed by atoms with Crippen LogP contribution in [0.2, 0.25) is 0 Å². The number of aryl methyl sites for hydroxylation is 1. The topological polar surface area (TPSA) is 28.2 Å². The molecule has 19 heavy (non-hydrogen) atoms. The minimum Gasteiger partial charge on any atom is -0.314 e. The van der Waals surface area contributed by atoms with Gasteiger partial charge >= 0.3 is 0 Å². The average Bonchev–Trinajstić information content (AvgIpc) is 2.81. The Morgan fingerprint density at radius 1 is 1.53 bits per heavy atom. The molecule has 1 aromatic heterocycles. The van der Waals surface area contributed by atoms with Gasteiger partial charge in [-0.1, -0.05) is 13.8 Å². The Morgan fingerprint density at radius 3 is 3.00 bits per heavy atom. The lowest BCUT2D eigenvalue weighted by atomic mass is 9.93. The molecule has 0 bridgehead atoms. The van der Waals surface area contributed by atoms with Crippen molar-refractivity contribution in [3.05, 3.63) is 16.1 Å². The molecule has 1 aromatic rings. The van der Waals surface area contributed by atoms with Crippen LogP contribution >= 0.6 is 11.3 Å². The highest BCUT2D eigenvalue weighted by Crippen LogP contribution is 2.17.